The largest absolute Gasteiger partial charge is 0.355 e. The summed E-state index contributed by atoms with van der Waals surface area (Å²) in [5, 5.41) is 2.34. The molecule has 12 heavy (non-hydrogen) atoms. The molecule has 0 unspecified atom stereocenters. The zero-order chi connectivity index (χ0) is 9.14. The molecule has 0 aliphatic carbocycles. The van der Waals surface area contributed by atoms with Crippen LogP contribution >= 0.6 is 0 Å². The standard InChI is InChI=1S/C8H9FN2O/c1-11-8(12)6-3-2-5(10)4-7(6)9/h2-4H,10H2,1H3,(H,11,12)/p+1. The average Bonchev–Trinajstić information content (AvgIpc) is 2.03. The summed E-state index contributed by atoms with van der Waals surface area (Å²) >= 11 is 0. The quantitative estimate of drug-likeness (QED) is 0.613. The van der Waals surface area contributed by atoms with Crippen LogP contribution in [-0.4, -0.2) is 13.0 Å². The monoisotopic (exact) mass is 169 g/mol. The number of quaternary nitrogens is 1. The average molecular weight is 169 g/mol. The van der Waals surface area contributed by atoms with Crippen molar-refractivity contribution in [3.63, 3.8) is 0 Å². The molecule has 4 N–H and O–H groups in total. The second-order valence-corrected chi connectivity index (χ2v) is 2.39. The van der Waals surface area contributed by atoms with Crippen molar-refractivity contribution in [2.45, 2.75) is 0 Å². The molecular formula is C8H10FN2O+. The van der Waals surface area contributed by atoms with Crippen LogP contribution in [-0.2, 0) is 0 Å². The third-order valence-corrected chi connectivity index (χ3v) is 1.51. The normalized spacial score (nSPS) is 9.58. The van der Waals surface area contributed by atoms with Crippen LogP contribution in [0.15, 0.2) is 18.2 Å². The molecule has 0 aliphatic rings. The van der Waals surface area contributed by atoms with Gasteiger partial charge in [0.25, 0.3) is 5.91 Å². The minimum absolute atomic E-state index is 0.0462. The summed E-state index contributed by atoms with van der Waals surface area (Å²) in [6.07, 6.45) is 0. The summed E-state index contributed by atoms with van der Waals surface area (Å²) in [6, 6.07) is 4.23. The highest BCUT2D eigenvalue weighted by Gasteiger charge is 2.09. The second kappa shape index (κ2) is 3.32. The highest BCUT2D eigenvalue weighted by molar-refractivity contribution is 5.94. The van der Waals surface area contributed by atoms with Gasteiger partial charge in [-0.05, 0) is 12.1 Å². The Bertz CT molecular complexity index is 312. The van der Waals surface area contributed by atoms with Gasteiger partial charge >= 0.3 is 0 Å². The van der Waals surface area contributed by atoms with Crippen molar-refractivity contribution in [2.75, 3.05) is 7.05 Å². The summed E-state index contributed by atoms with van der Waals surface area (Å²) in [7, 11) is 1.46. The molecular weight excluding hydrogens is 159 g/mol. The number of nitrogens with one attached hydrogen (secondary N) is 1. The molecule has 1 rings (SSSR count). The number of hydrogen-bond donors (Lipinski definition) is 2. The van der Waals surface area contributed by atoms with E-state index in [2.05, 4.69) is 11.1 Å². The van der Waals surface area contributed by atoms with Gasteiger partial charge in [0.05, 0.1) is 5.56 Å². The number of halogens is 1. The Hall–Kier alpha value is -1.42. The van der Waals surface area contributed by atoms with Crippen LogP contribution in [0.2, 0.25) is 0 Å². The van der Waals surface area contributed by atoms with Gasteiger partial charge in [-0.3, -0.25) is 4.79 Å². The number of amides is 1. The number of carbonyl (C=O) groups is 1. The van der Waals surface area contributed by atoms with Crippen LogP contribution in [0.25, 0.3) is 0 Å². The van der Waals surface area contributed by atoms with Gasteiger partial charge in [0, 0.05) is 13.1 Å². The van der Waals surface area contributed by atoms with Gasteiger partial charge in [-0.25, -0.2) is 4.39 Å². The van der Waals surface area contributed by atoms with Gasteiger partial charge in [0.1, 0.15) is 11.5 Å². The lowest BCUT2D eigenvalue weighted by molar-refractivity contribution is -0.255. The topological polar surface area (TPSA) is 56.7 Å². The highest BCUT2D eigenvalue weighted by Crippen LogP contribution is 2.09. The lowest BCUT2D eigenvalue weighted by Gasteiger charge is -1.99. The van der Waals surface area contributed by atoms with E-state index in [0.717, 1.165) is 0 Å². The van der Waals surface area contributed by atoms with Crippen LogP contribution in [0.4, 0.5) is 10.1 Å². The van der Waals surface area contributed by atoms with Crippen molar-refractivity contribution in [3.8, 4) is 0 Å². The molecule has 0 bridgehead atoms. The number of rotatable bonds is 1. The Morgan fingerprint density at radius 1 is 1.58 bits per heavy atom. The Kier molecular flexibility index (Phi) is 2.40. The van der Waals surface area contributed by atoms with Crippen LogP contribution in [0.1, 0.15) is 10.4 Å². The van der Waals surface area contributed by atoms with E-state index < -0.39 is 11.7 Å². The minimum atomic E-state index is -0.540. The zero-order valence-corrected chi connectivity index (χ0v) is 6.73. The van der Waals surface area contributed by atoms with Gasteiger partial charge in [0.15, 0.2) is 0 Å². The van der Waals surface area contributed by atoms with Crippen molar-refractivity contribution in [1.82, 2.24) is 5.32 Å². The highest BCUT2D eigenvalue weighted by atomic mass is 19.1. The Morgan fingerprint density at radius 3 is 2.75 bits per heavy atom. The SMILES string of the molecule is CNC(=O)c1ccc([NH3+])cc1F. The van der Waals surface area contributed by atoms with Crippen molar-refractivity contribution in [2.24, 2.45) is 0 Å². The smallest absolute Gasteiger partial charge is 0.254 e. The first-order valence-corrected chi connectivity index (χ1v) is 3.48. The van der Waals surface area contributed by atoms with Gasteiger partial charge in [0.2, 0.25) is 0 Å². The maximum absolute atomic E-state index is 13.0. The van der Waals surface area contributed by atoms with Crippen molar-refractivity contribution >= 4 is 11.6 Å². The fourth-order valence-corrected chi connectivity index (χ4v) is 0.877. The van der Waals surface area contributed by atoms with Crippen molar-refractivity contribution in [1.29, 1.82) is 0 Å². The number of hydrogen-bond acceptors (Lipinski definition) is 1. The Labute approximate surface area is 69.4 Å². The molecule has 0 aromatic heterocycles. The predicted molar refractivity (Wildman–Crippen MR) is 42.3 cm³/mol. The minimum Gasteiger partial charge on any atom is -0.355 e. The first kappa shape index (κ1) is 8.67. The van der Waals surface area contributed by atoms with Crippen LogP contribution < -0.4 is 11.1 Å². The molecule has 64 valence electrons. The fraction of sp³-hybridized carbons (Fsp3) is 0.125. The first-order valence-electron chi connectivity index (χ1n) is 3.48. The third-order valence-electron chi connectivity index (χ3n) is 1.51. The molecule has 0 heterocycles. The molecule has 0 atom stereocenters. The third kappa shape index (κ3) is 1.60. The molecule has 0 radical (unpaired) electrons. The molecule has 0 fully saturated rings. The predicted octanol–water partition coefficient (Wildman–Crippen LogP) is 0.0587. The summed E-state index contributed by atoms with van der Waals surface area (Å²) in [6.45, 7) is 0. The maximum atomic E-state index is 13.0. The second-order valence-electron chi connectivity index (χ2n) is 2.39. The summed E-state index contributed by atoms with van der Waals surface area (Å²) < 4.78 is 13.0. The van der Waals surface area contributed by atoms with Gasteiger partial charge in [-0.15, -0.1) is 0 Å². The molecule has 1 aromatic carbocycles. The van der Waals surface area contributed by atoms with Crippen LogP contribution in [0.5, 0.6) is 0 Å². The van der Waals surface area contributed by atoms with Crippen LogP contribution in [0.3, 0.4) is 0 Å². The van der Waals surface area contributed by atoms with E-state index in [1.807, 2.05) is 0 Å². The molecule has 3 nitrogen and oxygen atoms in total. The summed E-state index contributed by atoms with van der Waals surface area (Å²) in [5.41, 5.74) is 4.14. The lowest BCUT2D eigenvalue weighted by atomic mass is 10.2. The van der Waals surface area contributed by atoms with Gasteiger partial charge < -0.3 is 11.1 Å². The van der Waals surface area contributed by atoms with Crippen molar-refractivity contribution < 1.29 is 14.9 Å². The Morgan fingerprint density at radius 2 is 2.25 bits per heavy atom. The lowest BCUT2D eigenvalue weighted by Crippen LogP contribution is -2.40. The molecule has 0 saturated heterocycles. The maximum Gasteiger partial charge on any atom is 0.254 e. The fourth-order valence-electron chi connectivity index (χ4n) is 0.877. The van der Waals surface area contributed by atoms with E-state index in [4.69, 9.17) is 0 Å². The Balaban J connectivity index is 3.09. The van der Waals surface area contributed by atoms with Crippen LogP contribution in [0, 0.1) is 5.82 Å². The number of benzene rings is 1. The molecule has 0 saturated carbocycles. The molecule has 0 spiro atoms. The summed E-state index contributed by atoms with van der Waals surface area (Å²) in [5.74, 6) is -0.964. The molecule has 1 amide bonds. The van der Waals surface area contributed by atoms with E-state index >= 15 is 0 Å². The van der Waals surface area contributed by atoms with E-state index in [9.17, 15) is 9.18 Å². The van der Waals surface area contributed by atoms with E-state index in [-0.39, 0.29) is 5.56 Å². The summed E-state index contributed by atoms with van der Waals surface area (Å²) in [4.78, 5) is 11.0. The van der Waals surface area contributed by atoms with E-state index in [1.165, 1.54) is 19.2 Å². The van der Waals surface area contributed by atoms with Gasteiger partial charge in [-0.1, -0.05) is 0 Å². The zero-order valence-electron chi connectivity index (χ0n) is 6.73. The van der Waals surface area contributed by atoms with Gasteiger partial charge in [-0.2, -0.15) is 0 Å². The number of carbonyl (C=O) groups excluding carboxylic acids is 1. The molecule has 1 aromatic rings. The van der Waals surface area contributed by atoms with E-state index in [0.29, 0.717) is 5.69 Å². The van der Waals surface area contributed by atoms with Crippen molar-refractivity contribution in [3.05, 3.63) is 29.6 Å². The molecule has 0 aliphatic heterocycles. The van der Waals surface area contributed by atoms with E-state index in [1.54, 1.807) is 6.07 Å². The molecule has 4 heteroatoms. The first-order chi connectivity index (χ1) is 5.65.